The number of carbonyl (C=O) groups is 1. The minimum absolute atomic E-state index is 0.650. The van der Waals surface area contributed by atoms with Crippen molar-refractivity contribution in [1.29, 1.82) is 0 Å². The maximum atomic E-state index is 10.5. The molecule has 0 aliphatic rings. The minimum Gasteiger partial charge on any atom is -0.495 e. The van der Waals surface area contributed by atoms with Crippen LogP contribution in [0.5, 0.6) is 5.75 Å². The zero-order valence-corrected chi connectivity index (χ0v) is 7.83. The van der Waals surface area contributed by atoms with Crippen LogP contribution >= 0.6 is 0 Å². The Bertz CT molecular complexity index is 297. The number of aldehydes is 1. The van der Waals surface area contributed by atoms with Crippen molar-refractivity contribution in [3.63, 3.8) is 0 Å². The molecule has 0 aliphatic carbocycles. The molecule has 0 aliphatic heterocycles. The van der Waals surface area contributed by atoms with Gasteiger partial charge in [0, 0.05) is 12.1 Å². The largest absolute Gasteiger partial charge is 0.495 e. The molecule has 0 aromatic heterocycles. The van der Waals surface area contributed by atoms with Crippen LogP contribution in [-0.2, 0) is 0 Å². The van der Waals surface area contributed by atoms with E-state index in [2.05, 4.69) is 5.32 Å². The van der Waals surface area contributed by atoms with Crippen molar-refractivity contribution in [3.8, 4) is 5.75 Å². The summed E-state index contributed by atoms with van der Waals surface area (Å²) in [6.07, 6.45) is 0.820. The fraction of sp³-hybridized carbons (Fsp3) is 0.300. The van der Waals surface area contributed by atoms with Gasteiger partial charge in [-0.1, -0.05) is 0 Å². The van der Waals surface area contributed by atoms with E-state index in [-0.39, 0.29) is 0 Å². The van der Waals surface area contributed by atoms with Gasteiger partial charge in [0.05, 0.1) is 12.8 Å². The van der Waals surface area contributed by atoms with Gasteiger partial charge in [0.25, 0.3) is 0 Å². The van der Waals surface area contributed by atoms with E-state index in [0.717, 1.165) is 24.3 Å². The summed E-state index contributed by atoms with van der Waals surface area (Å²) in [6.45, 7) is 2.80. The Kier molecular flexibility index (Phi) is 3.31. The Morgan fingerprint density at radius 1 is 1.54 bits per heavy atom. The van der Waals surface area contributed by atoms with Crippen molar-refractivity contribution in [1.82, 2.24) is 0 Å². The second kappa shape index (κ2) is 4.50. The molecular formula is C10H13NO2. The average Bonchev–Trinajstić information content (AvgIpc) is 2.18. The summed E-state index contributed by atoms with van der Waals surface area (Å²) in [5.74, 6) is 0.757. The fourth-order valence-electron chi connectivity index (χ4n) is 1.13. The topological polar surface area (TPSA) is 38.3 Å². The number of benzene rings is 1. The quantitative estimate of drug-likeness (QED) is 0.718. The van der Waals surface area contributed by atoms with Crippen molar-refractivity contribution in [2.75, 3.05) is 19.0 Å². The molecule has 1 aromatic carbocycles. The van der Waals surface area contributed by atoms with Crippen molar-refractivity contribution < 1.29 is 9.53 Å². The maximum absolute atomic E-state index is 10.5. The fourth-order valence-corrected chi connectivity index (χ4v) is 1.13. The van der Waals surface area contributed by atoms with Crippen LogP contribution in [0.25, 0.3) is 0 Å². The van der Waals surface area contributed by atoms with Crippen molar-refractivity contribution in [2.45, 2.75) is 6.92 Å². The molecule has 0 spiro atoms. The zero-order chi connectivity index (χ0) is 9.68. The molecule has 13 heavy (non-hydrogen) atoms. The van der Waals surface area contributed by atoms with Gasteiger partial charge in [0.2, 0.25) is 0 Å². The summed E-state index contributed by atoms with van der Waals surface area (Å²) in [6, 6.07) is 5.28. The molecule has 70 valence electrons. The molecule has 0 fully saturated rings. The monoisotopic (exact) mass is 179 g/mol. The zero-order valence-electron chi connectivity index (χ0n) is 7.83. The number of carbonyl (C=O) groups excluding carboxylic acids is 1. The van der Waals surface area contributed by atoms with Crippen molar-refractivity contribution >= 4 is 12.0 Å². The molecule has 3 heteroatoms. The normalized spacial score (nSPS) is 9.38. The Morgan fingerprint density at radius 2 is 2.31 bits per heavy atom. The predicted molar refractivity (Wildman–Crippen MR) is 52.5 cm³/mol. The van der Waals surface area contributed by atoms with E-state index in [1.807, 2.05) is 6.92 Å². The Labute approximate surface area is 77.7 Å². The van der Waals surface area contributed by atoms with E-state index in [0.29, 0.717) is 5.56 Å². The minimum atomic E-state index is 0.650. The lowest BCUT2D eigenvalue weighted by Crippen LogP contribution is -2.00. The van der Waals surface area contributed by atoms with Gasteiger partial charge < -0.3 is 10.1 Å². The molecule has 1 rings (SSSR count). The lowest BCUT2D eigenvalue weighted by atomic mass is 10.2. The van der Waals surface area contributed by atoms with Crippen LogP contribution in [0, 0.1) is 0 Å². The molecule has 0 unspecified atom stereocenters. The van der Waals surface area contributed by atoms with Crippen LogP contribution < -0.4 is 10.1 Å². The SMILES string of the molecule is CCNc1cc(C=O)ccc1OC. The molecule has 3 nitrogen and oxygen atoms in total. The van der Waals surface area contributed by atoms with Gasteiger partial charge in [-0.2, -0.15) is 0 Å². The number of rotatable bonds is 4. The smallest absolute Gasteiger partial charge is 0.150 e. The molecular weight excluding hydrogens is 166 g/mol. The van der Waals surface area contributed by atoms with Gasteiger partial charge in [0.1, 0.15) is 12.0 Å². The number of methoxy groups -OCH3 is 1. The van der Waals surface area contributed by atoms with Gasteiger partial charge in [-0.15, -0.1) is 0 Å². The first kappa shape index (κ1) is 9.58. The third kappa shape index (κ3) is 2.21. The average molecular weight is 179 g/mol. The van der Waals surface area contributed by atoms with Crippen LogP contribution in [0.1, 0.15) is 17.3 Å². The standard InChI is InChI=1S/C10H13NO2/c1-3-11-9-6-8(7-12)4-5-10(9)13-2/h4-7,11H,3H2,1-2H3. The Morgan fingerprint density at radius 3 is 2.85 bits per heavy atom. The lowest BCUT2D eigenvalue weighted by molar-refractivity contribution is 0.112. The van der Waals surface area contributed by atoms with Gasteiger partial charge >= 0.3 is 0 Å². The van der Waals surface area contributed by atoms with Crippen LogP contribution in [0.15, 0.2) is 18.2 Å². The Hall–Kier alpha value is -1.51. The molecule has 0 atom stereocenters. The van der Waals surface area contributed by atoms with Gasteiger partial charge in [-0.05, 0) is 25.1 Å². The number of anilines is 1. The maximum Gasteiger partial charge on any atom is 0.150 e. The van der Waals surface area contributed by atoms with Crippen LogP contribution in [0.4, 0.5) is 5.69 Å². The molecule has 0 amide bonds. The first-order valence-electron chi connectivity index (χ1n) is 4.19. The van der Waals surface area contributed by atoms with Crippen LogP contribution in [0.2, 0.25) is 0 Å². The Balaban J connectivity index is 3.02. The van der Waals surface area contributed by atoms with Gasteiger partial charge in [0.15, 0.2) is 0 Å². The van der Waals surface area contributed by atoms with E-state index in [1.54, 1.807) is 25.3 Å². The van der Waals surface area contributed by atoms with E-state index < -0.39 is 0 Å². The van der Waals surface area contributed by atoms with Gasteiger partial charge in [-0.25, -0.2) is 0 Å². The summed E-state index contributed by atoms with van der Waals surface area (Å²) in [7, 11) is 1.61. The first-order valence-corrected chi connectivity index (χ1v) is 4.19. The van der Waals surface area contributed by atoms with Crippen molar-refractivity contribution in [2.24, 2.45) is 0 Å². The number of ether oxygens (including phenoxy) is 1. The van der Waals surface area contributed by atoms with Crippen molar-refractivity contribution in [3.05, 3.63) is 23.8 Å². The molecule has 0 heterocycles. The van der Waals surface area contributed by atoms with E-state index >= 15 is 0 Å². The predicted octanol–water partition coefficient (Wildman–Crippen LogP) is 1.94. The summed E-state index contributed by atoms with van der Waals surface area (Å²) in [5.41, 5.74) is 1.51. The summed E-state index contributed by atoms with van der Waals surface area (Å²) in [5, 5.41) is 3.12. The lowest BCUT2D eigenvalue weighted by Gasteiger charge is -2.09. The summed E-state index contributed by atoms with van der Waals surface area (Å²) in [4.78, 5) is 10.5. The van der Waals surface area contributed by atoms with Gasteiger partial charge in [-0.3, -0.25) is 4.79 Å². The highest BCUT2D eigenvalue weighted by Crippen LogP contribution is 2.24. The number of hydrogen-bond acceptors (Lipinski definition) is 3. The molecule has 0 radical (unpaired) electrons. The molecule has 0 bridgehead atoms. The van der Waals surface area contributed by atoms with E-state index in [4.69, 9.17) is 4.74 Å². The summed E-state index contributed by atoms with van der Waals surface area (Å²) >= 11 is 0. The highest BCUT2D eigenvalue weighted by atomic mass is 16.5. The third-order valence-electron chi connectivity index (χ3n) is 1.73. The molecule has 0 saturated heterocycles. The highest BCUT2D eigenvalue weighted by molar-refractivity contribution is 5.78. The third-order valence-corrected chi connectivity index (χ3v) is 1.73. The number of hydrogen-bond donors (Lipinski definition) is 1. The summed E-state index contributed by atoms with van der Waals surface area (Å²) < 4.78 is 5.12. The second-order valence-corrected chi connectivity index (χ2v) is 2.61. The molecule has 0 saturated carbocycles. The number of nitrogens with one attached hydrogen (secondary N) is 1. The molecule has 1 aromatic rings. The highest BCUT2D eigenvalue weighted by Gasteiger charge is 2.01. The first-order chi connectivity index (χ1) is 6.31. The van der Waals surface area contributed by atoms with Crippen LogP contribution in [-0.4, -0.2) is 19.9 Å². The molecule has 1 N–H and O–H groups in total. The second-order valence-electron chi connectivity index (χ2n) is 2.61. The van der Waals surface area contributed by atoms with Crippen LogP contribution in [0.3, 0.4) is 0 Å². The van der Waals surface area contributed by atoms with E-state index in [1.165, 1.54) is 0 Å². The van der Waals surface area contributed by atoms with E-state index in [9.17, 15) is 4.79 Å².